The van der Waals surface area contributed by atoms with Gasteiger partial charge in [0.2, 0.25) is 0 Å². The number of hydrogen-bond donors (Lipinski definition) is 1. The number of benzene rings is 3. The highest BCUT2D eigenvalue weighted by molar-refractivity contribution is 7.92. The van der Waals surface area contributed by atoms with Gasteiger partial charge >= 0.3 is 0 Å². The Kier molecular flexibility index (Phi) is 5.59. The van der Waals surface area contributed by atoms with E-state index in [2.05, 4.69) is 5.32 Å². The predicted octanol–water partition coefficient (Wildman–Crippen LogP) is 3.80. The van der Waals surface area contributed by atoms with E-state index >= 15 is 0 Å². The average Bonchev–Trinajstić information content (AvgIpc) is 3.10. The minimum Gasteiger partial charge on any atom is -0.352 e. The van der Waals surface area contributed by atoms with E-state index in [9.17, 15) is 13.2 Å². The molecule has 1 N–H and O–H groups in total. The quantitative estimate of drug-likeness (QED) is 0.660. The molecule has 1 amide bonds. The smallest absolute Gasteiger partial charge is 0.264 e. The summed E-state index contributed by atoms with van der Waals surface area (Å²) in [6, 6.07) is 23.5. The van der Waals surface area contributed by atoms with Crippen molar-refractivity contribution in [2.24, 2.45) is 0 Å². The van der Waals surface area contributed by atoms with E-state index in [4.69, 9.17) is 0 Å². The summed E-state index contributed by atoms with van der Waals surface area (Å²) in [6.07, 6.45) is 1.34. The van der Waals surface area contributed by atoms with Crippen LogP contribution in [0, 0.1) is 0 Å². The molecule has 5 nitrogen and oxygen atoms in total. The molecule has 0 radical (unpaired) electrons. The minimum atomic E-state index is -3.65. The first-order chi connectivity index (χ1) is 14.5. The van der Waals surface area contributed by atoms with E-state index in [1.807, 2.05) is 43.3 Å². The molecule has 0 unspecified atom stereocenters. The molecule has 30 heavy (non-hydrogen) atoms. The van der Waals surface area contributed by atoms with Gasteiger partial charge in [0.1, 0.15) is 0 Å². The van der Waals surface area contributed by atoms with Crippen LogP contribution < -0.4 is 9.62 Å². The van der Waals surface area contributed by atoms with Gasteiger partial charge in [0.25, 0.3) is 15.9 Å². The molecule has 1 aliphatic heterocycles. The number of nitrogens with zero attached hydrogens (tertiary/aromatic N) is 1. The topological polar surface area (TPSA) is 66.5 Å². The molecular formula is C24H24N2O3S. The molecular weight excluding hydrogens is 396 g/mol. The van der Waals surface area contributed by atoms with Gasteiger partial charge < -0.3 is 5.32 Å². The van der Waals surface area contributed by atoms with Gasteiger partial charge in [0.05, 0.1) is 10.6 Å². The molecule has 1 atom stereocenters. The molecule has 0 bridgehead atoms. The maximum atomic E-state index is 13.1. The Morgan fingerprint density at radius 1 is 1.00 bits per heavy atom. The first-order valence-corrected chi connectivity index (χ1v) is 11.5. The Labute approximate surface area is 177 Å². The predicted molar refractivity (Wildman–Crippen MR) is 118 cm³/mol. The van der Waals surface area contributed by atoms with E-state index in [1.54, 1.807) is 42.5 Å². The zero-order valence-electron chi connectivity index (χ0n) is 16.8. The molecule has 6 heteroatoms. The molecule has 1 aliphatic rings. The van der Waals surface area contributed by atoms with Crippen molar-refractivity contribution in [3.63, 3.8) is 0 Å². The molecule has 0 fully saturated rings. The number of rotatable bonds is 6. The zero-order chi connectivity index (χ0) is 21.1. The van der Waals surface area contributed by atoms with Crippen LogP contribution in [0.5, 0.6) is 0 Å². The second-order valence-corrected chi connectivity index (χ2v) is 9.32. The van der Waals surface area contributed by atoms with Gasteiger partial charge in [-0.1, -0.05) is 48.5 Å². The average molecular weight is 421 g/mol. The number of carbonyl (C=O) groups is 1. The first-order valence-electron chi connectivity index (χ1n) is 10.0. The van der Waals surface area contributed by atoms with Crippen LogP contribution in [0.1, 0.15) is 28.4 Å². The number of hydrogen-bond acceptors (Lipinski definition) is 3. The summed E-state index contributed by atoms with van der Waals surface area (Å²) >= 11 is 0. The summed E-state index contributed by atoms with van der Waals surface area (Å²) in [6.45, 7) is 2.44. The zero-order valence-corrected chi connectivity index (χ0v) is 17.6. The Balaban J connectivity index is 1.50. The largest absolute Gasteiger partial charge is 0.352 e. The fourth-order valence-electron chi connectivity index (χ4n) is 3.88. The van der Waals surface area contributed by atoms with Crippen LogP contribution in [0.2, 0.25) is 0 Å². The third-order valence-electron chi connectivity index (χ3n) is 5.34. The Bertz CT molecular complexity index is 1150. The fraction of sp³-hybridized carbons (Fsp3) is 0.208. The molecule has 0 aromatic heterocycles. The first kappa shape index (κ1) is 20.2. The third-order valence-corrected chi connectivity index (χ3v) is 7.28. The van der Waals surface area contributed by atoms with Crippen LogP contribution >= 0.6 is 0 Å². The van der Waals surface area contributed by atoms with E-state index < -0.39 is 10.0 Å². The fourth-order valence-corrected chi connectivity index (χ4v) is 5.60. The molecule has 4 rings (SSSR count). The summed E-state index contributed by atoms with van der Waals surface area (Å²) in [4.78, 5) is 12.8. The van der Waals surface area contributed by atoms with Gasteiger partial charge in [0.15, 0.2) is 0 Å². The Hall–Kier alpha value is -3.12. The maximum Gasteiger partial charge on any atom is 0.264 e. The number of nitrogens with one attached hydrogen (secondary N) is 1. The Morgan fingerprint density at radius 3 is 2.37 bits per heavy atom. The van der Waals surface area contributed by atoms with Crippen LogP contribution in [0.15, 0.2) is 83.8 Å². The second-order valence-electron chi connectivity index (χ2n) is 7.50. The summed E-state index contributed by atoms with van der Waals surface area (Å²) in [7, 11) is -3.65. The molecule has 0 saturated carbocycles. The van der Waals surface area contributed by atoms with E-state index in [-0.39, 0.29) is 16.8 Å². The number of sulfonamides is 1. The van der Waals surface area contributed by atoms with Crippen LogP contribution in [-0.2, 0) is 22.9 Å². The lowest BCUT2D eigenvalue weighted by molar-refractivity contribution is 0.0954. The number of amides is 1. The van der Waals surface area contributed by atoms with Gasteiger partial charge in [-0.3, -0.25) is 9.10 Å². The van der Waals surface area contributed by atoms with Crippen molar-refractivity contribution in [2.75, 3.05) is 10.8 Å². The molecule has 0 spiro atoms. The highest BCUT2D eigenvalue weighted by atomic mass is 32.2. The number of anilines is 1. The standard InChI is InChI=1S/C24H24N2O3S/c1-18-16-21-17-20(24(27)25-15-14-19-8-4-2-5-9-19)12-13-23(21)26(18)30(28,29)22-10-6-3-7-11-22/h2-13,17-18H,14-16H2,1H3,(H,25,27)/t18-/m0/s1. The summed E-state index contributed by atoms with van der Waals surface area (Å²) in [5, 5.41) is 2.95. The lowest BCUT2D eigenvalue weighted by Gasteiger charge is -2.24. The second kappa shape index (κ2) is 8.32. The lowest BCUT2D eigenvalue weighted by atomic mass is 10.1. The molecule has 0 saturated heterocycles. The number of fused-ring (bicyclic) bond motifs is 1. The van der Waals surface area contributed by atoms with E-state index in [1.165, 1.54) is 9.87 Å². The van der Waals surface area contributed by atoms with Crippen molar-refractivity contribution >= 4 is 21.6 Å². The molecule has 3 aromatic carbocycles. The third kappa shape index (κ3) is 3.96. The van der Waals surface area contributed by atoms with Crippen LogP contribution in [0.25, 0.3) is 0 Å². The lowest BCUT2D eigenvalue weighted by Crippen LogP contribution is -2.35. The summed E-state index contributed by atoms with van der Waals surface area (Å²) in [5.74, 6) is -0.147. The number of carbonyl (C=O) groups excluding carboxylic acids is 1. The van der Waals surface area contributed by atoms with E-state index in [0.717, 1.165) is 12.0 Å². The normalized spacial score (nSPS) is 15.6. The van der Waals surface area contributed by atoms with Crippen molar-refractivity contribution in [3.8, 4) is 0 Å². The van der Waals surface area contributed by atoms with Gasteiger partial charge in [-0.2, -0.15) is 0 Å². The van der Waals surface area contributed by atoms with E-state index in [0.29, 0.717) is 24.2 Å². The van der Waals surface area contributed by atoms with Crippen LogP contribution in [0.3, 0.4) is 0 Å². The van der Waals surface area contributed by atoms with Crippen LogP contribution in [-0.4, -0.2) is 26.9 Å². The monoisotopic (exact) mass is 420 g/mol. The molecule has 3 aromatic rings. The van der Waals surface area contributed by atoms with Gasteiger partial charge in [-0.25, -0.2) is 8.42 Å². The van der Waals surface area contributed by atoms with Gasteiger partial charge in [0, 0.05) is 18.2 Å². The van der Waals surface area contributed by atoms with Gasteiger partial charge in [-0.05, 0) is 61.2 Å². The molecule has 0 aliphatic carbocycles. The van der Waals surface area contributed by atoms with Crippen LogP contribution in [0.4, 0.5) is 5.69 Å². The maximum absolute atomic E-state index is 13.1. The minimum absolute atomic E-state index is 0.147. The van der Waals surface area contributed by atoms with Crippen molar-refractivity contribution in [3.05, 3.63) is 95.6 Å². The van der Waals surface area contributed by atoms with Crippen molar-refractivity contribution < 1.29 is 13.2 Å². The van der Waals surface area contributed by atoms with Crippen molar-refractivity contribution in [1.29, 1.82) is 0 Å². The van der Waals surface area contributed by atoms with Crippen molar-refractivity contribution in [1.82, 2.24) is 5.32 Å². The summed E-state index contributed by atoms with van der Waals surface area (Å²) in [5.41, 5.74) is 3.24. The Morgan fingerprint density at radius 2 is 1.67 bits per heavy atom. The molecule has 1 heterocycles. The van der Waals surface area contributed by atoms with Crippen molar-refractivity contribution in [2.45, 2.75) is 30.7 Å². The SMILES string of the molecule is C[C@H]1Cc2cc(C(=O)NCCc3ccccc3)ccc2N1S(=O)(=O)c1ccccc1. The highest BCUT2D eigenvalue weighted by Gasteiger charge is 2.36. The highest BCUT2D eigenvalue weighted by Crippen LogP contribution is 2.37. The summed E-state index contributed by atoms with van der Waals surface area (Å²) < 4.78 is 27.8. The molecule has 154 valence electrons. The van der Waals surface area contributed by atoms with Gasteiger partial charge in [-0.15, -0.1) is 0 Å².